The summed E-state index contributed by atoms with van der Waals surface area (Å²) in [5.41, 5.74) is 1.76. The van der Waals surface area contributed by atoms with Crippen molar-refractivity contribution in [3.8, 4) is 5.75 Å². The van der Waals surface area contributed by atoms with Crippen molar-refractivity contribution in [1.82, 2.24) is 40.6 Å². The minimum Gasteiger partial charge on any atom is -0.406 e. The molecule has 3 N–H and O–H groups in total. The Bertz CT molecular complexity index is 1050. The van der Waals surface area contributed by atoms with Crippen molar-refractivity contribution in [3.05, 3.63) is 53.6 Å². The number of unbranched alkanes of at least 4 members (excludes halogenated alkanes) is 1. The molecule has 13 heteroatoms. The van der Waals surface area contributed by atoms with E-state index in [4.69, 9.17) is 0 Å². The van der Waals surface area contributed by atoms with Crippen molar-refractivity contribution in [1.29, 1.82) is 0 Å². The van der Waals surface area contributed by atoms with Crippen LogP contribution in [-0.4, -0.2) is 48.0 Å². The Kier molecular flexibility index (Phi) is 10.2. The number of rotatable bonds is 15. The molecule has 0 aliphatic carbocycles. The maximum Gasteiger partial charge on any atom is 0.573 e. The zero-order valence-corrected chi connectivity index (χ0v) is 20.4. The number of hydrogen-bond donors (Lipinski definition) is 3. The first kappa shape index (κ1) is 27.6. The van der Waals surface area contributed by atoms with Gasteiger partial charge in [-0.3, -0.25) is 14.7 Å². The van der Waals surface area contributed by atoms with Gasteiger partial charge in [-0.15, -0.1) is 23.4 Å². The summed E-state index contributed by atoms with van der Waals surface area (Å²) in [5.74, 6) is 0.351. The van der Waals surface area contributed by atoms with Crippen LogP contribution in [0.25, 0.3) is 0 Å². The minimum absolute atomic E-state index is 0.121. The highest BCUT2D eigenvalue weighted by atomic mass is 19.4. The molecule has 0 bridgehead atoms. The fourth-order valence-corrected chi connectivity index (χ4v) is 3.40. The second-order valence-corrected chi connectivity index (χ2v) is 8.92. The van der Waals surface area contributed by atoms with E-state index in [1.165, 1.54) is 18.2 Å². The summed E-state index contributed by atoms with van der Waals surface area (Å²) in [6.45, 7) is 7.53. The molecule has 0 radical (unpaired) electrons. The Hall–Kier alpha value is -3.03. The summed E-state index contributed by atoms with van der Waals surface area (Å²) >= 11 is 0. The standard InChI is InChI=1S/C23H33F3N8O2/c1-17(2)8-9-27-14-19-15-33(31-29-19)10-3-4-11-34-16-21(30-32-34)22(35)28-13-18-6-5-7-20(12-18)36-23(24,25)26/h5-7,12,15-17,22,27-28,35H,3-4,8-11,13-14H2,1-2H3. The largest absolute Gasteiger partial charge is 0.573 e. The molecule has 1 atom stereocenters. The number of nitrogens with zero attached hydrogens (tertiary/aromatic N) is 6. The monoisotopic (exact) mass is 510 g/mol. The van der Waals surface area contributed by atoms with Crippen LogP contribution < -0.4 is 15.4 Å². The highest BCUT2D eigenvalue weighted by Gasteiger charge is 2.31. The summed E-state index contributed by atoms with van der Waals surface area (Å²) in [5, 5.41) is 32.8. The predicted octanol–water partition coefficient (Wildman–Crippen LogP) is 3.17. The number of benzene rings is 1. The molecule has 0 saturated heterocycles. The highest BCUT2D eigenvalue weighted by molar-refractivity contribution is 5.28. The number of aliphatic hydroxyl groups excluding tert-OH is 1. The number of halogens is 3. The van der Waals surface area contributed by atoms with Crippen LogP contribution >= 0.6 is 0 Å². The van der Waals surface area contributed by atoms with E-state index in [0.29, 0.717) is 30.3 Å². The summed E-state index contributed by atoms with van der Waals surface area (Å²) in [6.07, 6.45) is 0.539. The van der Waals surface area contributed by atoms with Crippen LogP contribution in [0.1, 0.15) is 56.3 Å². The van der Waals surface area contributed by atoms with E-state index < -0.39 is 12.6 Å². The van der Waals surface area contributed by atoms with Gasteiger partial charge in [0.2, 0.25) is 0 Å². The molecule has 3 aromatic rings. The third-order valence-corrected chi connectivity index (χ3v) is 5.28. The molecule has 36 heavy (non-hydrogen) atoms. The van der Waals surface area contributed by atoms with E-state index in [1.807, 2.05) is 10.9 Å². The first-order valence-electron chi connectivity index (χ1n) is 11.9. The van der Waals surface area contributed by atoms with E-state index in [0.717, 1.165) is 38.0 Å². The SMILES string of the molecule is CC(C)CCNCc1cn(CCCCn2cc(C(O)NCc3cccc(OC(F)(F)F)c3)nn2)nn1. The number of aromatic nitrogens is 6. The van der Waals surface area contributed by atoms with E-state index in [9.17, 15) is 18.3 Å². The van der Waals surface area contributed by atoms with Crippen molar-refractivity contribution in [2.75, 3.05) is 6.54 Å². The molecule has 198 valence electrons. The second-order valence-electron chi connectivity index (χ2n) is 8.92. The van der Waals surface area contributed by atoms with Crippen molar-refractivity contribution in [2.24, 2.45) is 5.92 Å². The molecule has 0 aliphatic rings. The Labute approximate surface area is 207 Å². The van der Waals surface area contributed by atoms with E-state index >= 15 is 0 Å². The van der Waals surface area contributed by atoms with E-state index in [-0.39, 0.29) is 12.3 Å². The van der Waals surface area contributed by atoms with Crippen LogP contribution in [0.4, 0.5) is 13.2 Å². The summed E-state index contributed by atoms with van der Waals surface area (Å²) in [7, 11) is 0. The third-order valence-electron chi connectivity index (χ3n) is 5.28. The van der Waals surface area contributed by atoms with Crippen LogP contribution in [-0.2, 0) is 26.2 Å². The lowest BCUT2D eigenvalue weighted by Crippen LogP contribution is -2.21. The van der Waals surface area contributed by atoms with Gasteiger partial charge in [-0.1, -0.05) is 36.4 Å². The fourth-order valence-electron chi connectivity index (χ4n) is 3.40. The average molecular weight is 511 g/mol. The predicted molar refractivity (Wildman–Crippen MR) is 125 cm³/mol. The molecule has 0 aliphatic heterocycles. The number of aliphatic hydroxyl groups is 1. The average Bonchev–Trinajstić information content (AvgIpc) is 3.47. The summed E-state index contributed by atoms with van der Waals surface area (Å²) in [6, 6.07) is 5.55. The summed E-state index contributed by atoms with van der Waals surface area (Å²) < 4.78 is 44.5. The van der Waals surface area contributed by atoms with Crippen LogP contribution in [0, 0.1) is 5.92 Å². The Balaban J connectivity index is 1.35. The number of nitrogens with one attached hydrogen (secondary N) is 2. The maximum absolute atomic E-state index is 12.4. The van der Waals surface area contributed by atoms with Crippen LogP contribution in [0.15, 0.2) is 36.7 Å². The van der Waals surface area contributed by atoms with Gasteiger partial charge in [-0.05, 0) is 49.4 Å². The van der Waals surface area contributed by atoms with Gasteiger partial charge in [-0.25, -0.2) is 0 Å². The molecule has 1 aromatic carbocycles. The molecule has 0 spiro atoms. The zero-order chi connectivity index (χ0) is 26.0. The molecule has 2 aromatic heterocycles. The van der Waals surface area contributed by atoms with Crippen LogP contribution in [0.3, 0.4) is 0 Å². The number of ether oxygens (including phenoxy) is 1. The second kappa shape index (κ2) is 13.3. The minimum atomic E-state index is -4.76. The highest BCUT2D eigenvalue weighted by Crippen LogP contribution is 2.23. The zero-order valence-electron chi connectivity index (χ0n) is 20.4. The summed E-state index contributed by atoms with van der Waals surface area (Å²) in [4.78, 5) is 0. The normalized spacial score (nSPS) is 12.9. The number of alkyl halides is 3. The number of hydrogen-bond acceptors (Lipinski definition) is 8. The van der Waals surface area contributed by atoms with Gasteiger partial charge < -0.3 is 15.2 Å². The van der Waals surface area contributed by atoms with Gasteiger partial charge in [0.25, 0.3) is 0 Å². The topological polar surface area (TPSA) is 115 Å². The van der Waals surface area contributed by atoms with E-state index in [2.05, 4.69) is 49.8 Å². The number of aryl methyl sites for hydroxylation is 2. The third kappa shape index (κ3) is 9.91. The van der Waals surface area contributed by atoms with Gasteiger partial charge >= 0.3 is 6.36 Å². The molecule has 3 rings (SSSR count). The lowest BCUT2D eigenvalue weighted by atomic mass is 10.1. The van der Waals surface area contributed by atoms with Crippen molar-refractivity contribution in [3.63, 3.8) is 0 Å². The van der Waals surface area contributed by atoms with Gasteiger partial charge in [0, 0.05) is 32.4 Å². The Morgan fingerprint density at radius 2 is 1.75 bits per heavy atom. The van der Waals surface area contributed by atoms with Gasteiger partial charge in [-0.2, -0.15) is 0 Å². The van der Waals surface area contributed by atoms with Crippen molar-refractivity contribution in [2.45, 2.75) is 71.9 Å². The Morgan fingerprint density at radius 3 is 2.47 bits per heavy atom. The molecule has 0 saturated carbocycles. The van der Waals surface area contributed by atoms with E-state index in [1.54, 1.807) is 16.9 Å². The van der Waals surface area contributed by atoms with Gasteiger partial charge in [0.15, 0.2) is 6.23 Å². The molecule has 1 unspecified atom stereocenters. The molecule has 10 nitrogen and oxygen atoms in total. The fraction of sp³-hybridized carbons (Fsp3) is 0.565. The lowest BCUT2D eigenvalue weighted by Gasteiger charge is -2.12. The lowest BCUT2D eigenvalue weighted by molar-refractivity contribution is -0.274. The molecule has 0 amide bonds. The van der Waals surface area contributed by atoms with Crippen molar-refractivity contribution < 1.29 is 23.0 Å². The molecular formula is C23H33F3N8O2. The maximum atomic E-state index is 12.4. The molecular weight excluding hydrogens is 477 g/mol. The molecule has 2 heterocycles. The first-order valence-corrected chi connectivity index (χ1v) is 11.9. The van der Waals surface area contributed by atoms with Crippen LogP contribution in [0.2, 0.25) is 0 Å². The molecule has 0 fully saturated rings. The van der Waals surface area contributed by atoms with Crippen molar-refractivity contribution >= 4 is 0 Å². The first-order chi connectivity index (χ1) is 17.2. The quantitative estimate of drug-likeness (QED) is 0.211. The van der Waals surface area contributed by atoms with Crippen LogP contribution in [0.5, 0.6) is 5.75 Å². The Morgan fingerprint density at radius 1 is 1.03 bits per heavy atom. The smallest absolute Gasteiger partial charge is 0.406 e. The van der Waals surface area contributed by atoms with Gasteiger partial charge in [0.1, 0.15) is 11.4 Å². The van der Waals surface area contributed by atoms with Gasteiger partial charge in [0.05, 0.1) is 11.9 Å².